The Bertz CT molecular complexity index is 1070. The minimum absolute atomic E-state index is 0.00190. The third-order valence-corrected chi connectivity index (χ3v) is 9.82. The molecular formula is C35H48O2. The predicted molar refractivity (Wildman–Crippen MR) is 155 cm³/mol. The number of Topliss-reactive ketones (excluding diaryl/α,β-unsaturated/α-hetero) is 1. The number of aliphatic hydroxyl groups is 1. The molecule has 0 aromatic heterocycles. The zero-order valence-electron chi connectivity index (χ0n) is 23.8. The van der Waals surface area contributed by atoms with Gasteiger partial charge in [0, 0.05) is 5.92 Å². The van der Waals surface area contributed by atoms with Gasteiger partial charge in [0.25, 0.3) is 0 Å². The van der Waals surface area contributed by atoms with Gasteiger partial charge < -0.3 is 5.11 Å². The van der Waals surface area contributed by atoms with Crippen molar-refractivity contribution in [1.82, 2.24) is 0 Å². The van der Waals surface area contributed by atoms with Gasteiger partial charge in [0.2, 0.25) is 0 Å². The third-order valence-electron chi connectivity index (χ3n) is 9.82. The quantitative estimate of drug-likeness (QED) is 0.286. The average molecular weight is 501 g/mol. The van der Waals surface area contributed by atoms with Crippen molar-refractivity contribution >= 4 is 5.78 Å². The molecule has 2 saturated carbocycles. The van der Waals surface area contributed by atoms with Crippen molar-refractivity contribution in [2.75, 3.05) is 0 Å². The molecule has 3 aliphatic rings. The van der Waals surface area contributed by atoms with Gasteiger partial charge in [-0.25, -0.2) is 0 Å². The number of fused-ring (bicyclic) bond motifs is 1. The minimum atomic E-state index is -0.669. The van der Waals surface area contributed by atoms with E-state index in [9.17, 15) is 9.90 Å². The molecule has 1 aromatic carbocycles. The van der Waals surface area contributed by atoms with Crippen LogP contribution in [0.1, 0.15) is 104 Å². The van der Waals surface area contributed by atoms with E-state index in [2.05, 4.69) is 71.1 Å². The van der Waals surface area contributed by atoms with Gasteiger partial charge in [-0.15, -0.1) is 0 Å². The Morgan fingerprint density at radius 1 is 1.16 bits per heavy atom. The molecule has 0 aliphatic heterocycles. The first-order valence-electron chi connectivity index (χ1n) is 14.8. The summed E-state index contributed by atoms with van der Waals surface area (Å²) in [6.45, 7) is 11.2. The molecule has 2 heteroatoms. The second-order valence-electron chi connectivity index (χ2n) is 12.4. The van der Waals surface area contributed by atoms with Gasteiger partial charge in [-0.2, -0.15) is 0 Å². The number of allylic oxidation sites excluding steroid dienone is 7. The normalized spacial score (nSPS) is 31.7. The zero-order valence-corrected chi connectivity index (χ0v) is 23.8. The molecule has 0 amide bonds. The van der Waals surface area contributed by atoms with E-state index in [1.54, 1.807) is 5.57 Å². The van der Waals surface area contributed by atoms with Crippen LogP contribution in [0, 0.1) is 23.2 Å². The minimum Gasteiger partial charge on any atom is -0.386 e. The number of hydrogen-bond acceptors (Lipinski definition) is 2. The fourth-order valence-electron chi connectivity index (χ4n) is 7.34. The van der Waals surface area contributed by atoms with Crippen LogP contribution in [0.3, 0.4) is 0 Å². The van der Waals surface area contributed by atoms with Gasteiger partial charge in [0.15, 0.2) is 5.78 Å². The fraction of sp³-hybridized carbons (Fsp3) is 0.571. The highest BCUT2D eigenvalue weighted by atomic mass is 16.3. The van der Waals surface area contributed by atoms with E-state index < -0.39 is 5.60 Å². The van der Waals surface area contributed by atoms with Crippen LogP contribution < -0.4 is 0 Å². The molecule has 0 radical (unpaired) electrons. The topological polar surface area (TPSA) is 37.3 Å². The number of benzene rings is 1. The molecule has 0 spiro atoms. The largest absolute Gasteiger partial charge is 0.386 e. The van der Waals surface area contributed by atoms with Crippen molar-refractivity contribution in [2.45, 2.75) is 104 Å². The van der Waals surface area contributed by atoms with Crippen molar-refractivity contribution < 1.29 is 9.90 Å². The van der Waals surface area contributed by atoms with Crippen LogP contribution in [-0.2, 0) is 4.79 Å². The van der Waals surface area contributed by atoms with Gasteiger partial charge >= 0.3 is 0 Å². The van der Waals surface area contributed by atoms with Gasteiger partial charge in [0.05, 0.1) is 5.60 Å². The van der Waals surface area contributed by atoms with Gasteiger partial charge in [-0.3, -0.25) is 4.79 Å². The molecule has 5 unspecified atom stereocenters. The van der Waals surface area contributed by atoms with Crippen LogP contribution in [0.5, 0.6) is 0 Å². The van der Waals surface area contributed by atoms with Gasteiger partial charge in [-0.05, 0) is 92.1 Å². The molecular weight excluding hydrogens is 452 g/mol. The second kappa shape index (κ2) is 11.7. The Hall–Kier alpha value is -2.19. The summed E-state index contributed by atoms with van der Waals surface area (Å²) in [6.07, 6.45) is 20.3. The van der Waals surface area contributed by atoms with Crippen molar-refractivity contribution in [3.63, 3.8) is 0 Å². The first-order chi connectivity index (χ1) is 17.7. The second-order valence-corrected chi connectivity index (χ2v) is 12.4. The van der Waals surface area contributed by atoms with Crippen LogP contribution in [-0.4, -0.2) is 16.5 Å². The van der Waals surface area contributed by atoms with Crippen LogP contribution in [0.4, 0.5) is 0 Å². The Balaban J connectivity index is 1.49. The SMILES string of the molecule is CCC(O)(C=CCC(C)C1=CCC2C(=CC=C3CC(C)CC(c4ccccc4)C3=O)CCCC12C)CC. The first-order valence-corrected chi connectivity index (χ1v) is 14.8. The number of carbonyl (C=O) groups excluding carboxylic acids is 1. The Morgan fingerprint density at radius 3 is 2.59 bits per heavy atom. The maximum absolute atomic E-state index is 13.5. The van der Waals surface area contributed by atoms with Crippen molar-refractivity contribution in [3.8, 4) is 0 Å². The lowest BCUT2D eigenvalue weighted by molar-refractivity contribution is -0.118. The average Bonchev–Trinajstić information content (AvgIpc) is 3.26. The van der Waals surface area contributed by atoms with Crippen LogP contribution in [0.25, 0.3) is 0 Å². The molecule has 3 aliphatic carbocycles. The summed E-state index contributed by atoms with van der Waals surface area (Å²) in [5, 5.41) is 10.6. The summed E-state index contributed by atoms with van der Waals surface area (Å²) in [7, 11) is 0. The molecule has 1 aromatic rings. The molecule has 0 bridgehead atoms. The Labute approximate surface area is 225 Å². The van der Waals surface area contributed by atoms with Crippen LogP contribution >= 0.6 is 0 Å². The van der Waals surface area contributed by atoms with Crippen molar-refractivity contribution in [1.29, 1.82) is 0 Å². The predicted octanol–water partition coefficient (Wildman–Crippen LogP) is 8.89. The van der Waals surface area contributed by atoms with E-state index in [1.165, 1.54) is 18.4 Å². The van der Waals surface area contributed by atoms with Crippen molar-refractivity contribution in [2.24, 2.45) is 23.2 Å². The lowest BCUT2D eigenvalue weighted by atomic mass is 9.62. The highest BCUT2D eigenvalue weighted by molar-refractivity contribution is 6.01. The summed E-state index contributed by atoms with van der Waals surface area (Å²) in [5.74, 6) is 1.87. The summed E-state index contributed by atoms with van der Waals surface area (Å²) < 4.78 is 0. The number of hydrogen-bond donors (Lipinski definition) is 1. The van der Waals surface area contributed by atoms with Crippen molar-refractivity contribution in [3.05, 3.63) is 83.0 Å². The van der Waals surface area contributed by atoms with Crippen LogP contribution in [0.2, 0.25) is 0 Å². The number of rotatable bonds is 8. The molecule has 5 atom stereocenters. The van der Waals surface area contributed by atoms with E-state index in [4.69, 9.17) is 0 Å². The third kappa shape index (κ3) is 5.95. The van der Waals surface area contributed by atoms with Gasteiger partial charge in [0.1, 0.15) is 0 Å². The number of carbonyl (C=O) groups is 1. The highest BCUT2D eigenvalue weighted by Crippen LogP contribution is 2.57. The maximum atomic E-state index is 13.5. The highest BCUT2D eigenvalue weighted by Gasteiger charge is 2.45. The molecule has 37 heavy (non-hydrogen) atoms. The van der Waals surface area contributed by atoms with E-state index >= 15 is 0 Å². The Morgan fingerprint density at radius 2 is 1.89 bits per heavy atom. The molecule has 200 valence electrons. The molecule has 1 N–H and O–H groups in total. The van der Waals surface area contributed by atoms with E-state index in [0.717, 1.165) is 56.1 Å². The molecule has 2 nitrogen and oxygen atoms in total. The summed E-state index contributed by atoms with van der Waals surface area (Å²) in [5.41, 5.74) is 4.84. The molecule has 0 heterocycles. The molecule has 2 fully saturated rings. The summed E-state index contributed by atoms with van der Waals surface area (Å²) >= 11 is 0. The van der Waals surface area contributed by atoms with E-state index in [0.29, 0.717) is 23.5 Å². The first kappa shape index (κ1) is 27.8. The maximum Gasteiger partial charge on any atom is 0.166 e. The summed E-state index contributed by atoms with van der Waals surface area (Å²) in [6, 6.07) is 10.3. The number of ketones is 1. The lowest BCUT2D eigenvalue weighted by Gasteiger charge is -2.42. The fourth-order valence-corrected chi connectivity index (χ4v) is 7.34. The van der Waals surface area contributed by atoms with E-state index in [-0.39, 0.29) is 11.3 Å². The van der Waals surface area contributed by atoms with Crippen LogP contribution in [0.15, 0.2) is 77.4 Å². The van der Waals surface area contributed by atoms with Gasteiger partial charge in [-0.1, -0.05) is 106 Å². The zero-order chi connectivity index (χ0) is 26.6. The standard InChI is InChI=1S/C35H48O2/c1-6-35(37,7-2)22-11-13-26(4)31-19-20-32-28(16-12-21-34(31,32)5)17-18-29-23-25(3)24-30(33(29)36)27-14-9-8-10-15-27/h8-11,14-15,17-19,22,25-26,30,32,37H,6-7,12-13,16,20-21,23-24H2,1-5H3. The monoisotopic (exact) mass is 500 g/mol. The smallest absolute Gasteiger partial charge is 0.166 e. The van der Waals surface area contributed by atoms with E-state index in [1.807, 2.05) is 24.3 Å². The Kier molecular flexibility index (Phi) is 8.79. The summed E-state index contributed by atoms with van der Waals surface area (Å²) in [4.78, 5) is 13.5. The molecule has 0 saturated heterocycles. The molecule has 4 rings (SSSR count). The lowest BCUT2D eigenvalue weighted by Crippen LogP contribution is -2.32.